The predicted octanol–water partition coefficient (Wildman–Crippen LogP) is 4.01. The zero-order chi connectivity index (χ0) is 23.7. The first-order valence-electron chi connectivity index (χ1n) is 11.4. The fraction of sp³-hybridized carbons (Fsp3) is 0.320. The summed E-state index contributed by atoms with van der Waals surface area (Å²) in [6.45, 7) is 5.80. The van der Waals surface area contributed by atoms with Gasteiger partial charge in [0.1, 0.15) is 5.52 Å². The summed E-state index contributed by atoms with van der Waals surface area (Å²) < 4.78 is 1.90. The quantitative estimate of drug-likeness (QED) is 0.469. The fourth-order valence-electron chi connectivity index (χ4n) is 4.57. The van der Waals surface area contributed by atoms with Crippen LogP contribution in [0.1, 0.15) is 29.9 Å². The van der Waals surface area contributed by atoms with Gasteiger partial charge in [0.25, 0.3) is 0 Å². The number of benzene rings is 1. The highest BCUT2D eigenvalue weighted by Crippen LogP contribution is 2.31. The van der Waals surface area contributed by atoms with Gasteiger partial charge in [0.2, 0.25) is 5.91 Å². The van der Waals surface area contributed by atoms with Gasteiger partial charge in [-0.15, -0.1) is 5.10 Å². The second-order valence-electron chi connectivity index (χ2n) is 8.63. The van der Waals surface area contributed by atoms with Crippen molar-refractivity contribution in [2.24, 2.45) is 5.92 Å². The molecule has 1 fully saturated rings. The molecule has 174 valence electrons. The van der Waals surface area contributed by atoms with Crippen molar-refractivity contribution in [2.45, 2.75) is 33.2 Å². The maximum absolute atomic E-state index is 12.9. The van der Waals surface area contributed by atoms with Gasteiger partial charge in [-0.25, -0.2) is 4.68 Å². The van der Waals surface area contributed by atoms with E-state index in [2.05, 4.69) is 25.4 Å². The van der Waals surface area contributed by atoms with E-state index in [-0.39, 0.29) is 11.8 Å². The van der Waals surface area contributed by atoms with E-state index >= 15 is 0 Å². The van der Waals surface area contributed by atoms with Crippen molar-refractivity contribution in [3.8, 4) is 5.69 Å². The van der Waals surface area contributed by atoms with Crippen LogP contribution in [-0.4, -0.2) is 44.0 Å². The van der Waals surface area contributed by atoms with Gasteiger partial charge in [0.15, 0.2) is 5.82 Å². The van der Waals surface area contributed by atoms with Crippen molar-refractivity contribution in [3.05, 3.63) is 70.8 Å². The number of hydrogen-bond donors (Lipinski definition) is 1. The molecule has 1 aliphatic heterocycles. The largest absolute Gasteiger partial charge is 0.352 e. The molecule has 4 aromatic rings. The molecule has 0 spiro atoms. The number of pyridine rings is 1. The van der Waals surface area contributed by atoms with Gasteiger partial charge >= 0.3 is 0 Å². The molecular weight excluding hydrogens is 450 g/mol. The number of carbonyl (C=O) groups excluding carboxylic acids is 1. The molecule has 1 N–H and O–H groups in total. The standard InChI is InChI=1S/C25H26ClN7O/c1-16-22-17(2)33(21-10-8-19(26)9-11-21)31-23(22)24(30-29-16)32-13-5-6-18(15-32)25(34)28-14-20-7-3-4-12-27-20/h3-4,7-12,18H,5-6,13-15H2,1-2H3,(H,28,34). The molecular formula is C25H26ClN7O. The van der Waals surface area contributed by atoms with E-state index in [1.807, 2.05) is 61.0 Å². The highest BCUT2D eigenvalue weighted by atomic mass is 35.5. The highest BCUT2D eigenvalue weighted by molar-refractivity contribution is 6.30. The number of rotatable bonds is 5. The SMILES string of the molecule is Cc1nnc(N2CCCC(C(=O)NCc3ccccn3)C2)c2nn(-c3ccc(Cl)cc3)c(C)c12. The van der Waals surface area contributed by atoms with Crippen LogP contribution in [0.3, 0.4) is 0 Å². The predicted molar refractivity (Wildman–Crippen MR) is 132 cm³/mol. The second kappa shape index (κ2) is 9.38. The summed E-state index contributed by atoms with van der Waals surface area (Å²) in [7, 11) is 0. The lowest BCUT2D eigenvalue weighted by molar-refractivity contribution is -0.125. The van der Waals surface area contributed by atoms with Crippen molar-refractivity contribution in [1.82, 2.24) is 30.3 Å². The van der Waals surface area contributed by atoms with Crippen LogP contribution < -0.4 is 10.2 Å². The Bertz CT molecular complexity index is 1320. The Balaban J connectivity index is 1.41. The number of carbonyl (C=O) groups is 1. The van der Waals surface area contributed by atoms with E-state index in [0.717, 1.165) is 58.9 Å². The van der Waals surface area contributed by atoms with E-state index in [1.165, 1.54) is 0 Å². The Morgan fingerprint density at radius 2 is 1.97 bits per heavy atom. The number of halogens is 1. The van der Waals surface area contributed by atoms with Crippen molar-refractivity contribution < 1.29 is 4.79 Å². The van der Waals surface area contributed by atoms with Crippen LogP contribution in [-0.2, 0) is 11.3 Å². The molecule has 1 aliphatic rings. The molecule has 4 heterocycles. The number of piperidine rings is 1. The van der Waals surface area contributed by atoms with Gasteiger partial charge in [-0.1, -0.05) is 17.7 Å². The van der Waals surface area contributed by atoms with Crippen LogP contribution in [0.5, 0.6) is 0 Å². The molecule has 1 atom stereocenters. The number of aromatic nitrogens is 5. The number of fused-ring (bicyclic) bond motifs is 1. The summed E-state index contributed by atoms with van der Waals surface area (Å²) in [5, 5.41) is 18.6. The molecule has 1 aromatic carbocycles. The molecule has 3 aromatic heterocycles. The number of anilines is 1. The van der Waals surface area contributed by atoms with E-state index < -0.39 is 0 Å². The van der Waals surface area contributed by atoms with Crippen LogP contribution in [0.25, 0.3) is 16.6 Å². The minimum absolute atomic E-state index is 0.0366. The Kier molecular flexibility index (Phi) is 6.15. The zero-order valence-corrected chi connectivity index (χ0v) is 20.0. The van der Waals surface area contributed by atoms with Gasteiger partial charge in [-0.2, -0.15) is 10.2 Å². The Labute approximate surface area is 203 Å². The summed E-state index contributed by atoms with van der Waals surface area (Å²) in [6, 6.07) is 13.3. The van der Waals surface area contributed by atoms with Crippen molar-refractivity contribution in [3.63, 3.8) is 0 Å². The monoisotopic (exact) mass is 475 g/mol. The van der Waals surface area contributed by atoms with Gasteiger partial charge in [0, 0.05) is 24.3 Å². The van der Waals surface area contributed by atoms with Crippen LogP contribution in [0.2, 0.25) is 5.02 Å². The molecule has 0 aliphatic carbocycles. The number of nitrogens with zero attached hydrogens (tertiary/aromatic N) is 6. The maximum atomic E-state index is 12.9. The van der Waals surface area contributed by atoms with E-state index in [9.17, 15) is 4.79 Å². The third-order valence-electron chi connectivity index (χ3n) is 6.32. The fourth-order valence-corrected chi connectivity index (χ4v) is 4.69. The average Bonchev–Trinajstić information content (AvgIpc) is 3.22. The third-order valence-corrected chi connectivity index (χ3v) is 6.57. The maximum Gasteiger partial charge on any atom is 0.225 e. The minimum atomic E-state index is -0.130. The Morgan fingerprint density at radius 1 is 1.15 bits per heavy atom. The van der Waals surface area contributed by atoms with Crippen LogP contribution in [0, 0.1) is 19.8 Å². The van der Waals surface area contributed by atoms with Crippen molar-refractivity contribution in [2.75, 3.05) is 18.0 Å². The minimum Gasteiger partial charge on any atom is -0.352 e. The highest BCUT2D eigenvalue weighted by Gasteiger charge is 2.29. The van der Waals surface area contributed by atoms with E-state index in [0.29, 0.717) is 18.1 Å². The second-order valence-corrected chi connectivity index (χ2v) is 9.07. The van der Waals surface area contributed by atoms with Gasteiger partial charge in [0.05, 0.1) is 40.6 Å². The lowest BCUT2D eigenvalue weighted by Crippen LogP contribution is -2.43. The molecule has 0 saturated carbocycles. The third kappa shape index (κ3) is 4.33. The molecule has 0 bridgehead atoms. The van der Waals surface area contributed by atoms with Gasteiger partial charge < -0.3 is 10.2 Å². The number of hydrogen-bond acceptors (Lipinski definition) is 6. The van der Waals surface area contributed by atoms with Gasteiger partial charge in [-0.3, -0.25) is 9.78 Å². The molecule has 34 heavy (non-hydrogen) atoms. The average molecular weight is 476 g/mol. The molecule has 1 saturated heterocycles. The first kappa shape index (κ1) is 22.3. The number of amides is 1. The van der Waals surface area contributed by atoms with Crippen LogP contribution >= 0.6 is 11.6 Å². The number of aryl methyl sites for hydroxylation is 2. The van der Waals surface area contributed by atoms with Gasteiger partial charge in [-0.05, 0) is 63.1 Å². The summed E-state index contributed by atoms with van der Waals surface area (Å²) >= 11 is 6.07. The summed E-state index contributed by atoms with van der Waals surface area (Å²) in [4.78, 5) is 19.3. The molecule has 1 unspecified atom stereocenters. The Hall–Kier alpha value is -3.52. The first-order chi connectivity index (χ1) is 16.5. The first-order valence-corrected chi connectivity index (χ1v) is 11.8. The lowest BCUT2D eigenvalue weighted by atomic mass is 9.97. The topological polar surface area (TPSA) is 88.8 Å². The zero-order valence-electron chi connectivity index (χ0n) is 19.2. The van der Waals surface area contributed by atoms with Crippen LogP contribution in [0.4, 0.5) is 5.82 Å². The normalized spacial score (nSPS) is 16.1. The molecule has 0 radical (unpaired) electrons. The molecule has 5 rings (SSSR count). The smallest absolute Gasteiger partial charge is 0.225 e. The summed E-state index contributed by atoms with van der Waals surface area (Å²) in [6.07, 6.45) is 3.47. The van der Waals surface area contributed by atoms with E-state index in [4.69, 9.17) is 16.7 Å². The molecule has 8 nitrogen and oxygen atoms in total. The lowest BCUT2D eigenvalue weighted by Gasteiger charge is -2.32. The molecule has 9 heteroatoms. The van der Waals surface area contributed by atoms with Crippen LogP contribution in [0.15, 0.2) is 48.7 Å². The summed E-state index contributed by atoms with van der Waals surface area (Å²) in [5.74, 6) is 0.628. The Morgan fingerprint density at radius 3 is 2.74 bits per heavy atom. The summed E-state index contributed by atoms with van der Waals surface area (Å²) in [5.41, 5.74) is 4.40. The van der Waals surface area contributed by atoms with Crippen molar-refractivity contribution in [1.29, 1.82) is 0 Å². The van der Waals surface area contributed by atoms with E-state index in [1.54, 1.807) is 6.20 Å². The molecule has 1 amide bonds. The van der Waals surface area contributed by atoms with Crippen molar-refractivity contribution >= 4 is 34.2 Å². The number of nitrogens with one attached hydrogen (secondary N) is 1.